The van der Waals surface area contributed by atoms with Crippen molar-refractivity contribution in [2.45, 2.75) is 30.6 Å². The summed E-state index contributed by atoms with van der Waals surface area (Å²) < 4.78 is 12.6. The van der Waals surface area contributed by atoms with Gasteiger partial charge in [-0.05, 0) is 40.0 Å². The van der Waals surface area contributed by atoms with Crippen LogP contribution in [0.25, 0.3) is 10.9 Å². The monoisotopic (exact) mass is 556 g/mol. The Morgan fingerprint density at radius 2 is 1.94 bits per heavy atom. The number of carbonyl (C=O) groups excluding carboxylic acids is 2. The average molecular weight is 557 g/mol. The van der Waals surface area contributed by atoms with E-state index in [4.69, 9.17) is 4.74 Å². The Labute approximate surface area is 215 Å². The van der Waals surface area contributed by atoms with Crippen LogP contribution in [0.5, 0.6) is 0 Å². The fourth-order valence-corrected chi connectivity index (χ4v) is 6.07. The number of hydrogen-bond donors (Lipinski definition) is 3. The number of anilines is 1. The van der Waals surface area contributed by atoms with Gasteiger partial charge in [0.05, 0.1) is 19.9 Å². The van der Waals surface area contributed by atoms with Crippen LogP contribution < -0.4 is 10.6 Å². The first-order valence-electron chi connectivity index (χ1n) is 11.4. The maximum Gasteiger partial charge on any atom is 0.411 e. The fourth-order valence-electron chi connectivity index (χ4n) is 5.58. The molecule has 5 rings (SSSR count). The van der Waals surface area contributed by atoms with E-state index in [0.717, 1.165) is 32.2 Å². The Balaban J connectivity index is 1.71. The highest BCUT2D eigenvalue weighted by atomic mass is 79.9. The molecule has 0 radical (unpaired) electrons. The topological polar surface area (TPSA) is 122 Å². The second-order valence-corrected chi connectivity index (χ2v) is 9.63. The van der Waals surface area contributed by atoms with E-state index in [9.17, 15) is 19.5 Å². The third kappa shape index (κ3) is 3.48. The number of carboxylic acids is 1. The van der Waals surface area contributed by atoms with Gasteiger partial charge in [0.2, 0.25) is 0 Å². The molecular formula is C25H25BrN4O6. The summed E-state index contributed by atoms with van der Waals surface area (Å²) >= 11 is 3.61. The number of aromatic nitrogens is 1. The molecule has 188 valence electrons. The molecule has 3 heterocycles. The highest BCUT2D eigenvalue weighted by Gasteiger charge is 2.63. The third-order valence-corrected chi connectivity index (χ3v) is 7.74. The van der Waals surface area contributed by atoms with Crippen molar-refractivity contribution in [3.8, 4) is 0 Å². The number of fused-ring (bicyclic) bond motifs is 4. The maximum absolute atomic E-state index is 12.9. The first-order chi connectivity index (χ1) is 17.3. The number of likely N-dealkylation sites (tertiary alicyclic amines) is 1. The zero-order valence-corrected chi connectivity index (χ0v) is 21.2. The van der Waals surface area contributed by atoms with Gasteiger partial charge in [0.15, 0.2) is 0 Å². The smallest absolute Gasteiger partial charge is 0.411 e. The molecule has 3 atom stereocenters. The van der Waals surface area contributed by atoms with E-state index in [1.54, 1.807) is 0 Å². The molecule has 36 heavy (non-hydrogen) atoms. The number of para-hydroxylation sites is 2. The molecule has 3 aromatic rings. The van der Waals surface area contributed by atoms with Crippen LogP contribution in [0.3, 0.4) is 0 Å². The van der Waals surface area contributed by atoms with Gasteiger partial charge in [-0.2, -0.15) is 0 Å². The van der Waals surface area contributed by atoms with Gasteiger partial charge < -0.3 is 29.8 Å². The second kappa shape index (κ2) is 9.05. The normalized spacial score (nSPS) is 22.0. The van der Waals surface area contributed by atoms with Gasteiger partial charge in [-0.3, -0.25) is 4.90 Å². The van der Waals surface area contributed by atoms with Crippen molar-refractivity contribution >= 4 is 50.7 Å². The third-order valence-electron chi connectivity index (χ3n) is 7.08. The lowest BCUT2D eigenvalue weighted by molar-refractivity contribution is -0.142. The summed E-state index contributed by atoms with van der Waals surface area (Å²) in [6, 6.07) is 12.5. The Hall–Kier alpha value is -3.73. The zero-order valence-electron chi connectivity index (χ0n) is 19.7. The number of benzene rings is 2. The van der Waals surface area contributed by atoms with Crippen molar-refractivity contribution in [3.05, 3.63) is 64.3 Å². The minimum Gasteiger partial charge on any atom is -0.480 e. The molecule has 1 aromatic heterocycles. The first kappa shape index (κ1) is 24.0. The van der Waals surface area contributed by atoms with Crippen molar-refractivity contribution in [2.24, 2.45) is 0 Å². The summed E-state index contributed by atoms with van der Waals surface area (Å²) in [6.45, 7) is 0.365. The molecule has 10 nitrogen and oxygen atoms in total. The predicted molar refractivity (Wildman–Crippen MR) is 135 cm³/mol. The molecule has 0 bridgehead atoms. The lowest BCUT2D eigenvalue weighted by Crippen LogP contribution is -2.51. The van der Waals surface area contributed by atoms with Crippen LogP contribution in [0, 0.1) is 0 Å². The lowest BCUT2D eigenvalue weighted by atomic mass is 9.86. The van der Waals surface area contributed by atoms with Crippen molar-refractivity contribution in [2.75, 3.05) is 26.1 Å². The van der Waals surface area contributed by atoms with Crippen molar-refractivity contribution in [3.63, 3.8) is 0 Å². The number of halogens is 1. The van der Waals surface area contributed by atoms with E-state index >= 15 is 0 Å². The zero-order chi connectivity index (χ0) is 25.6. The number of carboxylic acid groups (broad SMARTS) is 1. The van der Waals surface area contributed by atoms with Gasteiger partial charge in [0, 0.05) is 40.1 Å². The summed E-state index contributed by atoms with van der Waals surface area (Å²) in [5.74, 6) is -1.11. The Morgan fingerprint density at radius 3 is 2.67 bits per heavy atom. The number of alkyl carbamates (subject to hydrolysis) is 1. The van der Waals surface area contributed by atoms with Crippen LogP contribution in [0.1, 0.15) is 17.5 Å². The molecule has 11 heteroatoms. The van der Waals surface area contributed by atoms with Crippen molar-refractivity contribution in [1.29, 1.82) is 0 Å². The highest BCUT2D eigenvalue weighted by molar-refractivity contribution is 9.10. The second-order valence-electron chi connectivity index (χ2n) is 8.78. The predicted octanol–water partition coefficient (Wildman–Crippen LogP) is 3.72. The van der Waals surface area contributed by atoms with E-state index < -0.39 is 35.9 Å². The Bertz CT molecular complexity index is 1370. The molecular weight excluding hydrogens is 532 g/mol. The summed E-state index contributed by atoms with van der Waals surface area (Å²) in [4.78, 5) is 38.1. The molecule has 1 saturated heterocycles. The van der Waals surface area contributed by atoms with Crippen LogP contribution >= 0.6 is 15.9 Å². The Morgan fingerprint density at radius 1 is 1.17 bits per heavy atom. The molecule has 0 unspecified atom stereocenters. The van der Waals surface area contributed by atoms with Crippen LogP contribution in [0.2, 0.25) is 0 Å². The number of aliphatic carboxylic acids is 1. The maximum atomic E-state index is 12.9. The van der Waals surface area contributed by atoms with E-state index in [1.807, 2.05) is 48.7 Å². The standard InChI is InChI=1S/C25H25BrN4O6/c1-35-23(33)27-11-10-14-13-29(18-9-4-3-6-15(14)18)25-12-19(21(31)32)30(24(34)36-2)22(25)28-20-16(25)7-5-8-17(20)26/h3-9,13,19,22,28H,10-12H2,1-2H3,(H,27,33)(H,31,32)/t19-,22-,25+/m1/s1. The number of ether oxygens (including phenoxy) is 2. The lowest BCUT2D eigenvalue weighted by Gasteiger charge is -2.34. The first-order valence-corrected chi connectivity index (χ1v) is 12.2. The van der Waals surface area contributed by atoms with Crippen molar-refractivity contribution < 1.29 is 29.0 Å². The number of nitrogens with one attached hydrogen (secondary N) is 2. The van der Waals surface area contributed by atoms with Crippen LogP contribution in [0.15, 0.2) is 53.1 Å². The number of amides is 2. The van der Waals surface area contributed by atoms with Gasteiger partial charge in [0.1, 0.15) is 17.7 Å². The molecule has 2 aliphatic heterocycles. The largest absolute Gasteiger partial charge is 0.480 e. The fraction of sp³-hybridized carbons (Fsp3) is 0.320. The quantitative estimate of drug-likeness (QED) is 0.437. The molecule has 2 amide bonds. The van der Waals surface area contributed by atoms with E-state index in [2.05, 4.69) is 35.9 Å². The Kier molecular flexibility index (Phi) is 6.03. The van der Waals surface area contributed by atoms with Crippen LogP contribution in [-0.4, -0.2) is 65.7 Å². The summed E-state index contributed by atoms with van der Waals surface area (Å²) in [5.41, 5.74) is 2.61. The molecule has 1 fully saturated rings. The minimum atomic E-state index is -1.11. The molecule has 0 spiro atoms. The SMILES string of the molecule is COC(=O)NCCc1cn([C@]23C[C@H](C(=O)O)N(C(=O)OC)[C@H]2Nc2c(Br)cccc23)c2ccccc12. The number of nitrogens with zero attached hydrogens (tertiary/aromatic N) is 2. The van der Waals surface area contributed by atoms with Crippen LogP contribution in [0.4, 0.5) is 15.3 Å². The number of methoxy groups -OCH3 is 2. The van der Waals surface area contributed by atoms with E-state index in [-0.39, 0.29) is 6.42 Å². The summed E-state index contributed by atoms with van der Waals surface area (Å²) in [5, 5.41) is 17.2. The van der Waals surface area contributed by atoms with Gasteiger partial charge in [-0.25, -0.2) is 14.4 Å². The van der Waals surface area contributed by atoms with E-state index in [1.165, 1.54) is 19.1 Å². The van der Waals surface area contributed by atoms with E-state index in [0.29, 0.717) is 13.0 Å². The van der Waals surface area contributed by atoms with Gasteiger partial charge in [-0.15, -0.1) is 0 Å². The van der Waals surface area contributed by atoms with Crippen molar-refractivity contribution in [1.82, 2.24) is 14.8 Å². The van der Waals surface area contributed by atoms with Gasteiger partial charge in [-0.1, -0.05) is 30.3 Å². The number of carbonyl (C=O) groups is 3. The molecule has 2 aliphatic rings. The molecule has 2 aromatic carbocycles. The summed E-state index contributed by atoms with van der Waals surface area (Å²) in [6.07, 6.45) is 0.724. The van der Waals surface area contributed by atoms with Gasteiger partial charge >= 0.3 is 18.2 Å². The summed E-state index contributed by atoms with van der Waals surface area (Å²) in [7, 11) is 2.56. The molecule has 0 saturated carbocycles. The van der Waals surface area contributed by atoms with Gasteiger partial charge in [0.25, 0.3) is 0 Å². The number of rotatable bonds is 5. The molecule has 3 N–H and O–H groups in total. The minimum absolute atomic E-state index is 0.136. The molecule has 0 aliphatic carbocycles. The number of hydrogen-bond acceptors (Lipinski definition) is 6. The van der Waals surface area contributed by atoms with Crippen LogP contribution in [-0.2, 0) is 26.2 Å². The average Bonchev–Trinajstić information content (AvgIpc) is 3.51. The highest BCUT2D eigenvalue weighted by Crippen LogP contribution is 2.55.